The first-order valence-electron chi connectivity index (χ1n) is 6.13. The summed E-state index contributed by atoms with van der Waals surface area (Å²) in [6.07, 6.45) is 2.65. The summed E-state index contributed by atoms with van der Waals surface area (Å²) < 4.78 is 0. The molecular weight excluding hydrogens is 292 g/mol. The highest BCUT2D eigenvalue weighted by molar-refractivity contribution is 9.09. The lowest BCUT2D eigenvalue weighted by Gasteiger charge is -2.22. The van der Waals surface area contributed by atoms with Gasteiger partial charge in [0.25, 0.3) is 5.91 Å². The fourth-order valence-electron chi connectivity index (χ4n) is 1.75. The Labute approximate surface area is 118 Å². The van der Waals surface area contributed by atoms with E-state index in [0.29, 0.717) is 12.2 Å². The average molecular weight is 313 g/mol. The van der Waals surface area contributed by atoms with Gasteiger partial charge in [-0.3, -0.25) is 9.78 Å². The summed E-state index contributed by atoms with van der Waals surface area (Å²) in [5.41, 5.74) is 1.66. The van der Waals surface area contributed by atoms with E-state index in [9.17, 15) is 4.79 Å². The Morgan fingerprint density at radius 1 is 1.50 bits per heavy atom. The molecule has 1 aromatic heterocycles. The number of amides is 1. The van der Waals surface area contributed by atoms with Crippen molar-refractivity contribution in [1.82, 2.24) is 10.3 Å². The van der Waals surface area contributed by atoms with Crippen LogP contribution in [-0.4, -0.2) is 22.3 Å². The number of halogens is 1. The quantitative estimate of drug-likeness (QED) is 0.867. The number of hydrogen-bond acceptors (Lipinski definition) is 2. The highest BCUT2D eigenvalue weighted by atomic mass is 79.9. The summed E-state index contributed by atoms with van der Waals surface area (Å²) >= 11 is 3.60. The summed E-state index contributed by atoms with van der Waals surface area (Å²) in [4.78, 5) is 16.3. The Kier molecular flexibility index (Phi) is 5.32. The molecule has 0 aliphatic rings. The summed E-state index contributed by atoms with van der Waals surface area (Å²) in [6.45, 7) is 9.07. The lowest BCUT2D eigenvalue weighted by atomic mass is 9.90. The zero-order chi connectivity index (χ0) is 13.8. The molecule has 0 spiro atoms. The number of rotatable bonds is 4. The average Bonchev–Trinajstić information content (AvgIpc) is 2.24. The van der Waals surface area contributed by atoms with Crippen molar-refractivity contribution >= 4 is 21.8 Å². The number of nitrogens with zero attached hydrogens (tertiary/aromatic N) is 1. The van der Waals surface area contributed by atoms with Gasteiger partial charge in [0.05, 0.1) is 0 Å². The summed E-state index contributed by atoms with van der Waals surface area (Å²) in [7, 11) is 0. The SMILES string of the molecule is Cc1cccnc1C(=O)NCC(Br)CC(C)(C)C. The fraction of sp³-hybridized carbons (Fsp3) is 0.571. The van der Waals surface area contributed by atoms with Crippen molar-refractivity contribution in [2.75, 3.05) is 6.54 Å². The van der Waals surface area contributed by atoms with Crippen LogP contribution in [-0.2, 0) is 0 Å². The third kappa shape index (κ3) is 5.17. The number of pyridine rings is 1. The molecule has 0 aliphatic carbocycles. The van der Waals surface area contributed by atoms with E-state index in [0.717, 1.165) is 12.0 Å². The number of hydrogen-bond donors (Lipinski definition) is 1. The third-order valence-electron chi connectivity index (χ3n) is 2.54. The van der Waals surface area contributed by atoms with Crippen LogP contribution < -0.4 is 5.32 Å². The van der Waals surface area contributed by atoms with Gasteiger partial charge in [-0.15, -0.1) is 0 Å². The van der Waals surface area contributed by atoms with Crippen LogP contribution in [0.25, 0.3) is 0 Å². The molecule has 0 aliphatic heterocycles. The Balaban J connectivity index is 2.50. The molecule has 0 aromatic carbocycles. The molecule has 1 atom stereocenters. The Morgan fingerprint density at radius 2 is 2.17 bits per heavy atom. The van der Waals surface area contributed by atoms with E-state index in [2.05, 4.69) is 47.0 Å². The summed E-state index contributed by atoms with van der Waals surface area (Å²) in [6, 6.07) is 3.72. The first kappa shape index (κ1) is 15.2. The van der Waals surface area contributed by atoms with Crippen LogP contribution >= 0.6 is 15.9 Å². The van der Waals surface area contributed by atoms with Crippen molar-refractivity contribution < 1.29 is 4.79 Å². The number of alkyl halides is 1. The van der Waals surface area contributed by atoms with E-state index in [-0.39, 0.29) is 16.1 Å². The molecule has 1 heterocycles. The second-order valence-electron chi connectivity index (χ2n) is 5.74. The van der Waals surface area contributed by atoms with E-state index in [1.165, 1.54) is 0 Å². The molecule has 0 saturated carbocycles. The predicted molar refractivity (Wildman–Crippen MR) is 78.1 cm³/mol. The van der Waals surface area contributed by atoms with Crippen molar-refractivity contribution in [2.24, 2.45) is 5.41 Å². The van der Waals surface area contributed by atoms with E-state index in [4.69, 9.17) is 0 Å². The minimum Gasteiger partial charge on any atom is -0.350 e. The zero-order valence-electron chi connectivity index (χ0n) is 11.5. The molecule has 1 N–H and O–H groups in total. The minimum atomic E-state index is -0.105. The van der Waals surface area contributed by atoms with Crippen LogP contribution in [0.3, 0.4) is 0 Å². The van der Waals surface area contributed by atoms with E-state index in [1.54, 1.807) is 6.20 Å². The molecule has 1 amide bonds. The van der Waals surface area contributed by atoms with Gasteiger partial charge < -0.3 is 5.32 Å². The number of carbonyl (C=O) groups excluding carboxylic acids is 1. The van der Waals surface area contributed by atoms with Crippen molar-refractivity contribution in [1.29, 1.82) is 0 Å². The van der Waals surface area contributed by atoms with E-state index < -0.39 is 0 Å². The normalized spacial score (nSPS) is 13.2. The molecule has 0 bridgehead atoms. The molecule has 0 radical (unpaired) electrons. The molecule has 1 aromatic rings. The van der Waals surface area contributed by atoms with E-state index >= 15 is 0 Å². The Hall–Kier alpha value is -0.900. The number of aromatic nitrogens is 1. The summed E-state index contributed by atoms with van der Waals surface area (Å²) in [5.74, 6) is -0.105. The number of nitrogens with one attached hydrogen (secondary N) is 1. The van der Waals surface area contributed by atoms with Crippen LogP contribution in [0.2, 0.25) is 0 Å². The topological polar surface area (TPSA) is 42.0 Å². The van der Waals surface area contributed by atoms with Gasteiger partial charge in [0, 0.05) is 17.6 Å². The Morgan fingerprint density at radius 3 is 2.72 bits per heavy atom. The molecule has 0 fully saturated rings. The van der Waals surface area contributed by atoms with Crippen LogP contribution in [0.15, 0.2) is 18.3 Å². The highest BCUT2D eigenvalue weighted by Gasteiger charge is 2.18. The maximum atomic E-state index is 11.9. The molecule has 18 heavy (non-hydrogen) atoms. The highest BCUT2D eigenvalue weighted by Crippen LogP contribution is 2.24. The van der Waals surface area contributed by atoms with Crippen LogP contribution in [0.4, 0.5) is 0 Å². The second-order valence-corrected chi connectivity index (χ2v) is 7.04. The zero-order valence-corrected chi connectivity index (χ0v) is 13.0. The first-order chi connectivity index (χ1) is 8.29. The lowest BCUT2D eigenvalue weighted by molar-refractivity contribution is 0.0947. The third-order valence-corrected chi connectivity index (χ3v) is 3.19. The largest absolute Gasteiger partial charge is 0.350 e. The maximum absolute atomic E-state index is 11.9. The monoisotopic (exact) mass is 312 g/mol. The van der Waals surface area contributed by atoms with Crippen molar-refractivity contribution in [3.8, 4) is 0 Å². The minimum absolute atomic E-state index is 0.105. The lowest BCUT2D eigenvalue weighted by Crippen LogP contribution is -2.32. The molecule has 3 nitrogen and oxygen atoms in total. The number of carbonyl (C=O) groups is 1. The van der Waals surface area contributed by atoms with Crippen molar-refractivity contribution in [2.45, 2.75) is 38.9 Å². The standard InChI is InChI=1S/C14H21BrN2O/c1-10-6-5-7-16-12(10)13(18)17-9-11(15)8-14(2,3)4/h5-7,11H,8-9H2,1-4H3,(H,17,18). The van der Waals surface area contributed by atoms with Gasteiger partial charge in [-0.1, -0.05) is 42.8 Å². The van der Waals surface area contributed by atoms with Crippen molar-refractivity contribution in [3.63, 3.8) is 0 Å². The summed E-state index contributed by atoms with van der Waals surface area (Å²) in [5, 5.41) is 2.91. The fourth-order valence-corrected chi connectivity index (χ4v) is 2.88. The molecule has 1 rings (SSSR count). The van der Waals surface area contributed by atoms with Gasteiger partial charge in [-0.2, -0.15) is 0 Å². The molecular formula is C14H21BrN2O. The van der Waals surface area contributed by atoms with Crippen LogP contribution in [0, 0.1) is 12.3 Å². The molecule has 0 saturated heterocycles. The first-order valence-corrected chi connectivity index (χ1v) is 7.05. The maximum Gasteiger partial charge on any atom is 0.270 e. The molecule has 100 valence electrons. The van der Waals surface area contributed by atoms with Gasteiger partial charge in [0.15, 0.2) is 0 Å². The van der Waals surface area contributed by atoms with Gasteiger partial charge in [0.2, 0.25) is 0 Å². The molecule has 4 heteroatoms. The van der Waals surface area contributed by atoms with Crippen LogP contribution in [0.5, 0.6) is 0 Å². The number of aryl methyl sites for hydroxylation is 1. The van der Waals surface area contributed by atoms with Gasteiger partial charge in [0.1, 0.15) is 5.69 Å². The Bertz CT molecular complexity index is 413. The van der Waals surface area contributed by atoms with Gasteiger partial charge in [-0.25, -0.2) is 0 Å². The second kappa shape index (κ2) is 6.32. The molecule has 1 unspecified atom stereocenters. The van der Waals surface area contributed by atoms with Crippen LogP contribution in [0.1, 0.15) is 43.2 Å². The van der Waals surface area contributed by atoms with Gasteiger partial charge in [-0.05, 0) is 30.4 Å². The smallest absolute Gasteiger partial charge is 0.270 e. The van der Waals surface area contributed by atoms with E-state index in [1.807, 2.05) is 19.1 Å². The van der Waals surface area contributed by atoms with Gasteiger partial charge >= 0.3 is 0 Å². The van der Waals surface area contributed by atoms with Crippen molar-refractivity contribution in [3.05, 3.63) is 29.6 Å². The predicted octanol–water partition coefficient (Wildman–Crippen LogP) is 3.32.